The molecule has 4 N–H and O–H groups in total. The van der Waals surface area contributed by atoms with Gasteiger partial charge in [-0.15, -0.1) is 0 Å². The van der Waals surface area contributed by atoms with Crippen LogP contribution in [0.3, 0.4) is 0 Å². The van der Waals surface area contributed by atoms with E-state index >= 15 is 0 Å². The summed E-state index contributed by atoms with van der Waals surface area (Å²) in [7, 11) is 1.44. The first-order valence-electron chi connectivity index (χ1n) is 9.19. The van der Waals surface area contributed by atoms with Gasteiger partial charge < -0.3 is 25.6 Å². The Balaban J connectivity index is 2.49. The summed E-state index contributed by atoms with van der Waals surface area (Å²) < 4.78 is 5.24. The van der Waals surface area contributed by atoms with E-state index in [4.69, 9.17) is 10.5 Å². The molecule has 2 unspecified atom stereocenters. The molecule has 0 saturated carbocycles. The molecule has 7 heteroatoms. The Morgan fingerprint density at radius 3 is 2.24 bits per heavy atom. The number of methoxy groups -OCH3 is 1. The van der Waals surface area contributed by atoms with Crippen molar-refractivity contribution in [1.29, 1.82) is 0 Å². The minimum atomic E-state index is -1.10. The molecule has 0 aromatic heterocycles. The molecule has 2 aromatic rings. The first kappa shape index (κ1) is 20.5. The molecule has 0 bridgehead atoms. The molecule has 2 aromatic carbocycles. The summed E-state index contributed by atoms with van der Waals surface area (Å²) in [5, 5.41) is 20.6. The van der Waals surface area contributed by atoms with Gasteiger partial charge in [0.1, 0.15) is 17.2 Å². The third-order valence-electron chi connectivity index (χ3n) is 5.91. The summed E-state index contributed by atoms with van der Waals surface area (Å²) in [6.45, 7) is 6.73. The molecule has 1 heterocycles. The zero-order valence-corrected chi connectivity index (χ0v) is 17.1. The topological polar surface area (TPSA) is 113 Å². The van der Waals surface area contributed by atoms with Gasteiger partial charge in [-0.2, -0.15) is 0 Å². The van der Waals surface area contributed by atoms with Gasteiger partial charge in [-0.05, 0) is 31.5 Å². The first-order chi connectivity index (χ1) is 13.5. The molecule has 0 saturated heterocycles. The van der Waals surface area contributed by atoms with E-state index in [2.05, 4.69) is 6.07 Å². The molecule has 0 spiro atoms. The Morgan fingerprint density at radius 1 is 1.17 bits per heavy atom. The minimum absolute atomic E-state index is 0.0687. The number of carbonyl (C=O) groups excluding carboxylic acids is 2. The molecule has 2 atom stereocenters. The van der Waals surface area contributed by atoms with Gasteiger partial charge in [-0.25, -0.2) is 0 Å². The summed E-state index contributed by atoms with van der Waals surface area (Å²) in [6, 6.07) is 10.8. The maximum absolute atomic E-state index is 12.8. The average Bonchev–Trinajstić information content (AvgIpc) is 2.59. The van der Waals surface area contributed by atoms with E-state index in [9.17, 15) is 19.8 Å². The second kappa shape index (κ2) is 6.69. The number of phenolic OH excluding ortho intramolecular Hbond substituents is 2. The lowest BCUT2D eigenvalue weighted by molar-refractivity contribution is -0.127. The first-order valence-corrected chi connectivity index (χ1v) is 9.19. The Morgan fingerprint density at radius 2 is 1.76 bits per heavy atom. The van der Waals surface area contributed by atoms with Gasteiger partial charge in [0.25, 0.3) is 0 Å². The van der Waals surface area contributed by atoms with Crippen LogP contribution in [0.2, 0.25) is 0 Å². The third-order valence-corrected chi connectivity index (χ3v) is 5.91. The summed E-state index contributed by atoms with van der Waals surface area (Å²) in [5.41, 5.74) is 5.18. The van der Waals surface area contributed by atoms with Crippen molar-refractivity contribution < 1.29 is 24.5 Å². The lowest BCUT2D eigenvalue weighted by atomic mass is 9.57. The fourth-order valence-corrected chi connectivity index (χ4v) is 4.95. The second-order valence-electron chi connectivity index (χ2n) is 8.04. The molecule has 1 radical (unpaired) electrons. The molecular weight excluding hydrogens is 372 g/mol. The number of primary amides is 1. The average molecular weight is 397 g/mol. The normalized spacial score (nSPS) is 22.7. The molecule has 2 amide bonds. The van der Waals surface area contributed by atoms with Crippen LogP contribution in [0, 0.1) is 12.0 Å². The van der Waals surface area contributed by atoms with Crippen LogP contribution in [0.1, 0.15) is 38.8 Å². The smallest absolute Gasteiger partial charge is 0.224 e. The Hall–Kier alpha value is -3.22. The maximum atomic E-state index is 12.8. The van der Waals surface area contributed by atoms with Crippen molar-refractivity contribution >= 4 is 17.5 Å². The van der Waals surface area contributed by atoms with E-state index in [1.54, 1.807) is 39.0 Å². The van der Waals surface area contributed by atoms with Gasteiger partial charge in [0, 0.05) is 24.0 Å². The van der Waals surface area contributed by atoms with Gasteiger partial charge in [0.05, 0.1) is 30.3 Å². The Labute approximate surface area is 169 Å². The highest BCUT2D eigenvalue weighted by molar-refractivity contribution is 5.99. The molecule has 1 aliphatic rings. The van der Waals surface area contributed by atoms with E-state index in [-0.39, 0.29) is 23.2 Å². The van der Waals surface area contributed by atoms with E-state index < -0.39 is 22.8 Å². The number of anilines is 1. The highest BCUT2D eigenvalue weighted by Gasteiger charge is 2.58. The number of aromatic hydroxyl groups is 2. The van der Waals surface area contributed by atoms with E-state index in [1.807, 2.05) is 0 Å². The van der Waals surface area contributed by atoms with Gasteiger partial charge in [0.15, 0.2) is 0 Å². The highest BCUT2D eigenvalue weighted by Crippen LogP contribution is 2.57. The number of nitrogens with two attached hydrogens (primary N) is 1. The van der Waals surface area contributed by atoms with Crippen molar-refractivity contribution in [2.75, 3.05) is 12.0 Å². The number of phenols is 2. The van der Waals surface area contributed by atoms with E-state index in [0.29, 0.717) is 16.8 Å². The van der Waals surface area contributed by atoms with Gasteiger partial charge in [0.2, 0.25) is 11.8 Å². The van der Waals surface area contributed by atoms with E-state index in [1.165, 1.54) is 31.1 Å². The number of benzene rings is 2. The van der Waals surface area contributed by atoms with Crippen LogP contribution in [-0.4, -0.2) is 34.7 Å². The molecule has 29 heavy (non-hydrogen) atoms. The van der Waals surface area contributed by atoms with Gasteiger partial charge in [-0.3, -0.25) is 9.59 Å². The number of amides is 2. The Bertz CT molecular complexity index is 983. The number of hydrogen-bond acceptors (Lipinski definition) is 5. The Kier molecular flexibility index (Phi) is 4.73. The summed E-state index contributed by atoms with van der Waals surface area (Å²) in [5.74, 6) is -1.71. The lowest BCUT2D eigenvalue weighted by Gasteiger charge is -2.55. The van der Waals surface area contributed by atoms with Crippen LogP contribution in [-0.2, 0) is 15.0 Å². The number of nitrogens with zero attached hydrogens (tertiary/aromatic N) is 1. The van der Waals surface area contributed by atoms with Crippen molar-refractivity contribution in [3.05, 3.63) is 47.5 Å². The predicted octanol–water partition coefficient (Wildman–Crippen LogP) is 2.46. The standard InChI is InChI=1S/C22H25N2O5/c1-12(25)24-16-10-15(29-5)11-17(27)18(16)22(4,13-6-8-14(26)9-7-13)19(20(23)28)21(24,2)3/h6-10,19,26-27H,1-5H3,(H2,23,28). The molecule has 0 fully saturated rings. The molecule has 7 nitrogen and oxygen atoms in total. The van der Waals surface area contributed by atoms with Crippen LogP contribution in [0.15, 0.2) is 30.3 Å². The van der Waals surface area contributed by atoms with Crippen molar-refractivity contribution in [2.24, 2.45) is 11.7 Å². The van der Waals surface area contributed by atoms with Gasteiger partial charge >= 0.3 is 0 Å². The van der Waals surface area contributed by atoms with Crippen LogP contribution in [0.4, 0.5) is 5.69 Å². The third kappa shape index (κ3) is 2.88. The number of hydrogen-bond donors (Lipinski definition) is 3. The fraction of sp³-hybridized carbons (Fsp3) is 0.364. The lowest BCUT2D eigenvalue weighted by Crippen LogP contribution is -2.65. The maximum Gasteiger partial charge on any atom is 0.224 e. The quantitative estimate of drug-likeness (QED) is 0.736. The van der Waals surface area contributed by atoms with Crippen molar-refractivity contribution in [3.63, 3.8) is 0 Å². The van der Waals surface area contributed by atoms with E-state index in [0.717, 1.165) is 0 Å². The minimum Gasteiger partial charge on any atom is -0.508 e. The van der Waals surface area contributed by atoms with Crippen molar-refractivity contribution in [3.8, 4) is 17.2 Å². The number of fused-ring (bicyclic) bond motifs is 1. The zero-order valence-electron chi connectivity index (χ0n) is 17.1. The SMILES string of the molecule is COc1[c]c(O)c2c(c1)N(C(C)=O)C(C)(C)C(C(N)=O)C2(C)c1ccc(O)cc1. The molecule has 153 valence electrons. The number of carbonyl (C=O) groups is 2. The summed E-state index contributed by atoms with van der Waals surface area (Å²) in [6.07, 6.45) is 0. The molecule has 3 rings (SSSR count). The van der Waals surface area contributed by atoms with Crippen LogP contribution >= 0.6 is 0 Å². The van der Waals surface area contributed by atoms with Crippen LogP contribution in [0.5, 0.6) is 17.2 Å². The second-order valence-corrected chi connectivity index (χ2v) is 8.04. The summed E-state index contributed by atoms with van der Waals surface area (Å²) >= 11 is 0. The van der Waals surface area contributed by atoms with Crippen molar-refractivity contribution in [2.45, 2.75) is 38.6 Å². The number of ether oxygens (including phenoxy) is 1. The predicted molar refractivity (Wildman–Crippen MR) is 108 cm³/mol. The van der Waals surface area contributed by atoms with Gasteiger partial charge in [-0.1, -0.05) is 19.1 Å². The fourth-order valence-electron chi connectivity index (χ4n) is 4.95. The molecule has 1 aliphatic heterocycles. The number of rotatable bonds is 3. The largest absolute Gasteiger partial charge is 0.508 e. The molecule has 0 aliphatic carbocycles. The summed E-state index contributed by atoms with van der Waals surface area (Å²) in [4.78, 5) is 26.9. The molecular formula is C22H25N2O5. The van der Waals surface area contributed by atoms with Crippen LogP contribution < -0.4 is 15.4 Å². The highest BCUT2D eigenvalue weighted by atomic mass is 16.5. The zero-order chi connectivity index (χ0) is 21.7. The van der Waals surface area contributed by atoms with Crippen molar-refractivity contribution in [1.82, 2.24) is 0 Å². The van der Waals surface area contributed by atoms with Crippen LogP contribution in [0.25, 0.3) is 0 Å². The monoisotopic (exact) mass is 397 g/mol.